The van der Waals surface area contributed by atoms with Crippen LogP contribution in [0.15, 0.2) is 4.99 Å². The Morgan fingerprint density at radius 1 is 0.944 bits per heavy atom. The van der Waals surface area contributed by atoms with E-state index >= 15 is 0 Å². The molecular formula is C22H39N9O5. The predicted octanol–water partition coefficient (Wildman–Crippen LogP) is -3.24. The molecule has 14 heteroatoms. The van der Waals surface area contributed by atoms with Gasteiger partial charge in [0.05, 0.1) is 6.54 Å². The average Bonchev–Trinajstić information content (AvgIpc) is 3.32. The molecule has 0 aromatic heterocycles. The van der Waals surface area contributed by atoms with Crippen LogP contribution < -0.4 is 38.5 Å². The topological polar surface area (TPSA) is 227 Å². The number of hydrogen-bond donors (Lipinski definition) is 7. The monoisotopic (exact) mass is 509 g/mol. The summed E-state index contributed by atoms with van der Waals surface area (Å²) in [4.78, 5) is 69.8. The van der Waals surface area contributed by atoms with Gasteiger partial charge in [-0.3, -0.25) is 29.0 Å². The molecule has 5 amide bonds. The summed E-state index contributed by atoms with van der Waals surface area (Å²) in [6, 6.07) is -3.53. The number of amides is 5. The van der Waals surface area contributed by atoms with E-state index in [2.05, 4.69) is 26.3 Å². The van der Waals surface area contributed by atoms with Gasteiger partial charge in [-0.15, -0.1) is 0 Å². The lowest BCUT2D eigenvalue weighted by atomic mass is 10.1. The third-order valence-corrected chi connectivity index (χ3v) is 6.17. The second-order valence-corrected chi connectivity index (χ2v) is 9.05. The Morgan fingerprint density at radius 2 is 1.67 bits per heavy atom. The fourth-order valence-corrected chi connectivity index (χ4v) is 4.23. The van der Waals surface area contributed by atoms with E-state index in [1.165, 1.54) is 11.8 Å². The maximum absolute atomic E-state index is 13.4. The molecular weight excluding hydrogens is 470 g/mol. The van der Waals surface area contributed by atoms with Gasteiger partial charge >= 0.3 is 0 Å². The number of carbonyl (C=O) groups excluding carboxylic acids is 5. The fraction of sp³-hybridized carbons (Fsp3) is 0.727. The molecule has 2 rings (SSSR count). The van der Waals surface area contributed by atoms with Crippen molar-refractivity contribution in [2.45, 2.75) is 76.0 Å². The molecule has 0 unspecified atom stereocenters. The first-order chi connectivity index (χ1) is 17.1. The average molecular weight is 510 g/mol. The first kappa shape index (κ1) is 28.8. The molecule has 0 spiro atoms. The predicted molar refractivity (Wildman–Crippen MR) is 132 cm³/mol. The number of nitrogens with one attached hydrogen (secondary N) is 4. The Hall–Kier alpha value is -3.42. The Bertz CT molecular complexity index is 846. The van der Waals surface area contributed by atoms with E-state index in [9.17, 15) is 24.0 Å². The number of hydrogen-bond acceptors (Lipinski definition) is 7. The van der Waals surface area contributed by atoms with Crippen molar-refractivity contribution < 1.29 is 24.0 Å². The van der Waals surface area contributed by atoms with E-state index in [1.807, 2.05) is 0 Å². The van der Waals surface area contributed by atoms with Crippen LogP contribution >= 0.6 is 0 Å². The zero-order valence-corrected chi connectivity index (χ0v) is 20.8. The first-order valence-corrected chi connectivity index (χ1v) is 12.4. The van der Waals surface area contributed by atoms with Crippen LogP contribution in [0.5, 0.6) is 0 Å². The third kappa shape index (κ3) is 8.66. The lowest BCUT2D eigenvalue weighted by Gasteiger charge is -2.29. The Morgan fingerprint density at radius 3 is 2.36 bits per heavy atom. The number of rotatable bonds is 8. The molecule has 36 heavy (non-hydrogen) atoms. The molecule has 14 nitrogen and oxygen atoms in total. The van der Waals surface area contributed by atoms with Gasteiger partial charge in [-0.25, -0.2) is 0 Å². The van der Waals surface area contributed by atoms with Crippen LogP contribution in [0, 0.1) is 0 Å². The second-order valence-electron chi connectivity index (χ2n) is 9.05. The van der Waals surface area contributed by atoms with Crippen LogP contribution in [0.3, 0.4) is 0 Å². The summed E-state index contributed by atoms with van der Waals surface area (Å²) in [6.45, 7) is 2.18. The molecule has 0 saturated carbocycles. The number of fused-ring (bicyclic) bond motifs is 1. The van der Waals surface area contributed by atoms with Crippen molar-refractivity contribution in [1.29, 1.82) is 0 Å². The SMILES string of the molecule is C[C@@H]1NC(=O)[C@@H]2CCCN2C(=O)[C@H](CCCN=C(N)N)NC(=O)CNC(=O)[C@H](CCCCN)NC1=O. The lowest BCUT2D eigenvalue weighted by molar-refractivity contribution is -0.142. The van der Waals surface area contributed by atoms with Gasteiger partial charge in [-0.1, -0.05) is 0 Å². The smallest absolute Gasteiger partial charge is 0.245 e. The van der Waals surface area contributed by atoms with Crippen molar-refractivity contribution in [2.24, 2.45) is 22.2 Å². The summed E-state index contributed by atoms with van der Waals surface area (Å²) < 4.78 is 0. The number of aliphatic imine (C=N–C) groups is 1. The summed E-state index contributed by atoms with van der Waals surface area (Å²) in [5.41, 5.74) is 16.2. The molecule has 2 aliphatic heterocycles. The third-order valence-electron chi connectivity index (χ3n) is 6.17. The van der Waals surface area contributed by atoms with Crippen molar-refractivity contribution in [3.8, 4) is 0 Å². The van der Waals surface area contributed by atoms with E-state index in [0.29, 0.717) is 51.6 Å². The number of unbranched alkanes of at least 4 members (excludes halogenated alkanes) is 1. The standard InChI is InChI=1S/C22H39N9O5/c1-13-18(33)30-14(6-2-3-9-23)19(34)27-12-17(32)29-15(7-4-10-26-22(24)25)21(36)31-11-5-8-16(31)20(35)28-13/h13-16H,2-12,23H2,1H3,(H,27,34)(H,28,35)(H,29,32)(H,30,33)(H4,24,25,26)/t13-,14-,15-,16-/m0/s1. The summed E-state index contributed by atoms with van der Waals surface area (Å²) in [5.74, 6) is -2.61. The summed E-state index contributed by atoms with van der Waals surface area (Å²) in [7, 11) is 0. The summed E-state index contributed by atoms with van der Waals surface area (Å²) in [6.07, 6.45) is 3.25. The highest BCUT2D eigenvalue weighted by molar-refractivity contribution is 5.97. The molecule has 0 aromatic rings. The van der Waals surface area contributed by atoms with Gasteiger partial charge in [0.2, 0.25) is 29.5 Å². The minimum absolute atomic E-state index is 0.0790. The van der Waals surface area contributed by atoms with Crippen molar-refractivity contribution in [3.63, 3.8) is 0 Å². The molecule has 0 aromatic carbocycles. The zero-order valence-electron chi connectivity index (χ0n) is 20.8. The Kier molecular flexibility index (Phi) is 11.4. The second kappa shape index (κ2) is 14.2. The molecule has 0 aliphatic carbocycles. The first-order valence-electron chi connectivity index (χ1n) is 12.4. The van der Waals surface area contributed by atoms with E-state index < -0.39 is 53.7 Å². The minimum Gasteiger partial charge on any atom is -0.370 e. The van der Waals surface area contributed by atoms with Crippen LogP contribution in [0.4, 0.5) is 0 Å². The molecule has 2 fully saturated rings. The Labute approximate surface area is 210 Å². The number of nitrogens with zero attached hydrogens (tertiary/aromatic N) is 2. The van der Waals surface area contributed by atoms with Crippen LogP contribution in [-0.4, -0.2) is 90.7 Å². The fourth-order valence-electron chi connectivity index (χ4n) is 4.23. The molecule has 0 bridgehead atoms. The van der Waals surface area contributed by atoms with E-state index in [1.54, 1.807) is 0 Å². The summed E-state index contributed by atoms with van der Waals surface area (Å²) >= 11 is 0. The molecule has 0 radical (unpaired) electrons. The molecule has 2 heterocycles. The minimum atomic E-state index is -0.931. The van der Waals surface area contributed by atoms with Gasteiger partial charge in [0.25, 0.3) is 0 Å². The maximum atomic E-state index is 13.4. The van der Waals surface area contributed by atoms with Crippen molar-refractivity contribution in [3.05, 3.63) is 0 Å². The maximum Gasteiger partial charge on any atom is 0.245 e. The quantitative estimate of drug-likeness (QED) is 0.0996. The van der Waals surface area contributed by atoms with Gasteiger partial charge in [-0.05, 0) is 58.4 Å². The molecule has 4 atom stereocenters. The Balaban J connectivity index is 2.25. The number of nitrogens with two attached hydrogens (primary N) is 3. The van der Waals surface area contributed by atoms with Gasteiger partial charge in [0, 0.05) is 13.1 Å². The highest BCUT2D eigenvalue weighted by Gasteiger charge is 2.38. The number of guanidine groups is 1. The van der Waals surface area contributed by atoms with Gasteiger partial charge < -0.3 is 43.4 Å². The molecule has 202 valence electrons. The van der Waals surface area contributed by atoms with E-state index in [0.717, 1.165) is 0 Å². The van der Waals surface area contributed by atoms with Gasteiger partial charge in [0.15, 0.2) is 5.96 Å². The van der Waals surface area contributed by atoms with Crippen molar-refractivity contribution >= 4 is 35.5 Å². The zero-order chi connectivity index (χ0) is 26.7. The molecule has 2 aliphatic rings. The highest BCUT2D eigenvalue weighted by atomic mass is 16.2. The summed E-state index contributed by atoms with van der Waals surface area (Å²) in [5, 5.41) is 10.5. The van der Waals surface area contributed by atoms with Crippen molar-refractivity contribution in [2.75, 3.05) is 26.2 Å². The normalized spacial score (nSPS) is 26.1. The van der Waals surface area contributed by atoms with Gasteiger partial charge in [0.1, 0.15) is 24.2 Å². The largest absolute Gasteiger partial charge is 0.370 e. The van der Waals surface area contributed by atoms with Crippen LogP contribution in [0.2, 0.25) is 0 Å². The highest BCUT2D eigenvalue weighted by Crippen LogP contribution is 2.20. The van der Waals surface area contributed by atoms with E-state index in [-0.39, 0.29) is 25.5 Å². The molecule has 2 saturated heterocycles. The van der Waals surface area contributed by atoms with Crippen LogP contribution in [-0.2, 0) is 24.0 Å². The van der Waals surface area contributed by atoms with E-state index in [4.69, 9.17) is 17.2 Å². The lowest BCUT2D eigenvalue weighted by Crippen LogP contribution is -2.56. The van der Waals surface area contributed by atoms with Crippen LogP contribution in [0.25, 0.3) is 0 Å². The number of carbonyl (C=O) groups is 5. The van der Waals surface area contributed by atoms with Crippen molar-refractivity contribution in [1.82, 2.24) is 26.2 Å². The van der Waals surface area contributed by atoms with Crippen LogP contribution in [0.1, 0.15) is 51.9 Å². The molecule has 10 N–H and O–H groups in total. The van der Waals surface area contributed by atoms with Gasteiger partial charge in [-0.2, -0.15) is 0 Å².